The molecule has 0 radical (unpaired) electrons. The Morgan fingerprint density at radius 1 is 0.824 bits per heavy atom. The molecule has 6 nitrogen and oxygen atoms in total. The zero-order chi connectivity index (χ0) is 22.8. The van der Waals surface area contributed by atoms with Gasteiger partial charge in [0.15, 0.2) is 0 Å². The van der Waals surface area contributed by atoms with Gasteiger partial charge in [-0.15, -0.1) is 12.4 Å². The zero-order valence-corrected chi connectivity index (χ0v) is 19.0. The average Bonchev–Trinajstić information content (AvgIpc) is 3.08. The van der Waals surface area contributed by atoms with Gasteiger partial charge in [0.2, 0.25) is 5.91 Å². The summed E-state index contributed by atoms with van der Waals surface area (Å²) in [5.74, 6) is -0.0927. The number of carbonyl (C=O) groups excluding carboxylic acids is 1. The molecule has 1 aliphatic heterocycles. The third-order valence-electron chi connectivity index (χ3n) is 6.22. The van der Waals surface area contributed by atoms with Crippen LogP contribution in [0.2, 0.25) is 0 Å². The van der Waals surface area contributed by atoms with Gasteiger partial charge in [-0.1, -0.05) is 54.6 Å². The van der Waals surface area contributed by atoms with Crippen LogP contribution in [0.5, 0.6) is 0 Å². The van der Waals surface area contributed by atoms with Crippen molar-refractivity contribution in [2.75, 3.05) is 4.90 Å². The number of fused-ring (bicyclic) bond motifs is 1. The van der Waals surface area contributed by atoms with Gasteiger partial charge in [0.05, 0.1) is 16.0 Å². The normalized spacial score (nSPS) is 16.6. The number of hydrogen-bond acceptors (Lipinski definition) is 4. The van der Waals surface area contributed by atoms with E-state index in [2.05, 4.69) is 4.98 Å². The molecule has 1 unspecified atom stereocenters. The van der Waals surface area contributed by atoms with Crippen LogP contribution in [0.15, 0.2) is 103 Å². The smallest absolute Gasteiger partial charge is 0.272 e. The third kappa shape index (κ3) is 3.93. The average molecular weight is 472 g/mol. The van der Waals surface area contributed by atoms with Gasteiger partial charge >= 0.3 is 0 Å². The van der Waals surface area contributed by atoms with Gasteiger partial charge in [-0.2, -0.15) is 0 Å². The molecule has 1 aromatic heterocycles. The standard InChI is InChI=1S/C27H21N3O3.ClH/c31-26-27(18-20-14-16-28-17-15-20,19-21-8-4-6-12-24(21)30(32)33)23-11-5-7-13-25(23)29(26)22-9-2-1-3-10-22;/h1-17H,18-19H2;1H. The minimum Gasteiger partial charge on any atom is -0.280 e. The quantitative estimate of drug-likeness (QED) is 0.262. The van der Waals surface area contributed by atoms with Gasteiger partial charge in [0.1, 0.15) is 0 Å². The monoisotopic (exact) mass is 471 g/mol. The van der Waals surface area contributed by atoms with Gasteiger partial charge in [0, 0.05) is 29.7 Å². The maximum Gasteiger partial charge on any atom is 0.272 e. The third-order valence-corrected chi connectivity index (χ3v) is 6.22. The molecule has 1 atom stereocenters. The Morgan fingerprint density at radius 2 is 1.47 bits per heavy atom. The highest BCUT2D eigenvalue weighted by Crippen LogP contribution is 2.49. The number of rotatable bonds is 6. The first kappa shape index (κ1) is 23.1. The summed E-state index contributed by atoms with van der Waals surface area (Å²) >= 11 is 0. The molecule has 170 valence electrons. The molecule has 34 heavy (non-hydrogen) atoms. The molecule has 7 heteroatoms. The number of amides is 1. The predicted octanol–water partition coefficient (Wildman–Crippen LogP) is 5.81. The van der Waals surface area contributed by atoms with E-state index in [-0.39, 0.29) is 35.3 Å². The molecular weight excluding hydrogens is 450 g/mol. The molecule has 1 amide bonds. The minimum absolute atomic E-state index is 0. The number of halogens is 1. The van der Waals surface area contributed by atoms with Crippen molar-refractivity contribution in [2.45, 2.75) is 18.3 Å². The lowest BCUT2D eigenvalue weighted by atomic mass is 9.72. The first-order valence-electron chi connectivity index (χ1n) is 10.7. The lowest BCUT2D eigenvalue weighted by molar-refractivity contribution is -0.385. The number of pyridine rings is 1. The van der Waals surface area contributed by atoms with Crippen molar-refractivity contribution >= 4 is 35.4 Å². The number of benzene rings is 3. The van der Waals surface area contributed by atoms with E-state index in [0.717, 1.165) is 22.5 Å². The number of hydrogen-bond donors (Lipinski definition) is 0. The Labute approximate surface area is 203 Å². The first-order valence-corrected chi connectivity index (χ1v) is 10.7. The molecule has 5 rings (SSSR count). The number of aromatic nitrogens is 1. The number of nitro benzene ring substituents is 1. The second-order valence-electron chi connectivity index (χ2n) is 8.17. The fraction of sp³-hybridized carbons (Fsp3) is 0.111. The first-order chi connectivity index (χ1) is 16.1. The molecule has 4 aromatic rings. The van der Waals surface area contributed by atoms with Crippen LogP contribution in [0.1, 0.15) is 16.7 Å². The van der Waals surface area contributed by atoms with Gasteiger partial charge in [0.25, 0.3) is 5.69 Å². The van der Waals surface area contributed by atoms with Crippen LogP contribution in [-0.4, -0.2) is 15.8 Å². The highest BCUT2D eigenvalue weighted by molar-refractivity contribution is 6.13. The molecule has 0 N–H and O–H groups in total. The van der Waals surface area contributed by atoms with Crippen LogP contribution in [-0.2, 0) is 23.1 Å². The Kier molecular flexibility index (Phi) is 6.43. The van der Waals surface area contributed by atoms with Crippen molar-refractivity contribution in [3.05, 3.63) is 130 Å². The number of nitrogens with zero attached hydrogens (tertiary/aromatic N) is 3. The highest BCUT2D eigenvalue weighted by Gasteiger charge is 2.51. The van der Waals surface area contributed by atoms with Crippen molar-refractivity contribution in [1.82, 2.24) is 4.98 Å². The fourth-order valence-electron chi connectivity index (χ4n) is 4.76. The van der Waals surface area contributed by atoms with Gasteiger partial charge < -0.3 is 0 Å². The molecule has 0 aliphatic carbocycles. The summed E-state index contributed by atoms with van der Waals surface area (Å²) in [5, 5.41) is 11.8. The van der Waals surface area contributed by atoms with E-state index < -0.39 is 5.41 Å². The van der Waals surface area contributed by atoms with Crippen molar-refractivity contribution in [3.8, 4) is 0 Å². The molecule has 0 spiro atoms. The topological polar surface area (TPSA) is 76.3 Å². The second kappa shape index (κ2) is 9.45. The number of para-hydroxylation sites is 3. The predicted molar refractivity (Wildman–Crippen MR) is 134 cm³/mol. The Balaban J connectivity index is 0.00000274. The Hall–Kier alpha value is -4.03. The summed E-state index contributed by atoms with van der Waals surface area (Å²) in [6.07, 6.45) is 4.02. The molecule has 0 fully saturated rings. The van der Waals surface area contributed by atoms with E-state index in [1.807, 2.05) is 66.7 Å². The van der Waals surface area contributed by atoms with E-state index >= 15 is 0 Å². The van der Waals surface area contributed by atoms with Crippen LogP contribution in [0.4, 0.5) is 17.1 Å². The molecule has 2 heterocycles. The Morgan fingerprint density at radius 3 is 2.21 bits per heavy atom. The van der Waals surface area contributed by atoms with Crippen LogP contribution < -0.4 is 4.90 Å². The second-order valence-corrected chi connectivity index (χ2v) is 8.17. The summed E-state index contributed by atoms with van der Waals surface area (Å²) in [6, 6.07) is 27.7. The fourth-order valence-corrected chi connectivity index (χ4v) is 4.76. The number of anilines is 2. The van der Waals surface area contributed by atoms with Gasteiger partial charge in [-0.3, -0.25) is 24.8 Å². The van der Waals surface area contributed by atoms with E-state index in [0.29, 0.717) is 12.0 Å². The van der Waals surface area contributed by atoms with Gasteiger partial charge in [-0.05, 0) is 54.3 Å². The maximum absolute atomic E-state index is 14.3. The lowest BCUT2D eigenvalue weighted by Crippen LogP contribution is -2.42. The number of nitro groups is 1. The van der Waals surface area contributed by atoms with Crippen molar-refractivity contribution < 1.29 is 9.72 Å². The summed E-state index contributed by atoms with van der Waals surface area (Å²) in [5.41, 5.74) is 2.95. The van der Waals surface area contributed by atoms with Crippen LogP contribution in [0.25, 0.3) is 0 Å². The van der Waals surface area contributed by atoms with Crippen LogP contribution in [0.3, 0.4) is 0 Å². The SMILES string of the molecule is Cl.O=C1N(c2ccccc2)c2ccccc2C1(Cc1ccncc1)Cc1ccccc1[N+](=O)[O-]. The highest BCUT2D eigenvalue weighted by atomic mass is 35.5. The van der Waals surface area contributed by atoms with Crippen molar-refractivity contribution in [1.29, 1.82) is 0 Å². The van der Waals surface area contributed by atoms with E-state index in [9.17, 15) is 14.9 Å². The molecule has 0 saturated carbocycles. The molecule has 0 saturated heterocycles. The zero-order valence-electron chi connectivity index (χ0n) is 18.2. The molecule has 0 bridgehead atoms. The summed E-state index contributed by atoms with van der Waals surface area (Å²) in [7, 11) is 0. The molecule has 1 aliphatic rings. The molecule has 3 aromatic carbocycles. The largest absolute Gasteiger partial charge is 0.280 e. The number of carbonyl (C=O) groups is 1. The lowest BCUT2D eigenvalue weighted by Gasteiger charge is -2.29. The van der Waals surface area contributed by atoms with E-state index in [4.69, 9.17) is 0 Å². The molecular formula is C27H22ClN3O3. The van der Waals surface area contributed by atoms with Crippen molar-refractivity contribution in [3.63, 3.8) is 0 Å². The minimum atomic E-state index is -1.00. The van der Waals surface area contributed by atoms with Gasteiger partial charge in [-0.25, -0.2) is 0 Å². The Bertz CT molecular complexity index is 1330. The summed E-state index contributed by atoms with van der Waals surface area (Å²) in [4.78, 5) is 31.6. The summed E-state index contributed by atoms with van der Waals surface area (Å²) in [6.45, 7) is 0. The summed E-state index contributed by atoms with van der Waals surface area (Å²) < 4.78 is 0. The van der Waals surface area contributed by atoms with E-state index in [1.165, 1.54) is 6.07 Å². The van der Waals surface area contributed by atoms with Crippen LogP contribution >= 0.6 is 12.4 Å². The maximum atomic E-state index is 14.3. The van der Waals surface area contributed by atoms with Crippen molar-refractivity contribution in [2.24, 2.45) is 0 Å². The van der Waals surface area contributed by atoms with E-state index in [1.54, 1.807) is 35.5 Å². The van der Waals surface area contributed by atoms with Crippen LogP contribution in [0, 0.1) is 10.1 Å².